The lowest BCUT2D eigenvalue weighted by Gasteiger charge is -2.22. The van der Waals surface area contributed by atoms with Crippen LogP contribution in [0.5, 0.6) is 0 Å². The van der Waals surface area contributed by atoms with E-state index in [-0.39, 0.29) is 5.91 Å². The largest absolute Gasteiger partial charge is 0.388 e. The first-order valence-electron chi connectivity index (χ1n) is 5.21. The van der Waals surface area contributed by atoms with Crippen LogP contribution in [0, 0.1) is 0 Å². The molecule has 1 fully saturated rings. The minimum atomic E-state index is -0.642. The molecular weight excluding hydrogens is 202 g/mol. The van der Waals surface area contributed by atoms with Gasteiger partial charge in [-0.05, 0) is 19.3 Å². The van der Waals surface area contributed by atoms with Gasteiger partial charge in [0.05, 0.1) is 5.60 Å². The van der Waals surface area contributed by atoms with Crippen molar-refractivity contribution in [3.8, 4) is 0 Å². The van der Waals surface area contributed by atoms with Gasteiger partial charge in [0.2, 0.25) is 5.91 Å². The monoisotopic (exact) mass is 219 g/mol. The van der Waals surface area contributed by atoms with Crippen LogP contribution < -0.4 is 5.32 Å². The van der Waals surface area contributed by atoms with Crippen LogP contribution in [-0.2, 0) is 4.79 Å². The topological polar surface area (TPSA) is 49.3 Å². The van der Waals surface area contributed by atoms with E-state index in [1.54, 1.807) is 0 Å². The van der Waals surface area contributed by atoms with Crippen molar-refractivity contribution in [2.75, 3.05) is 12.4 Å². The Morgan fingerprint density at radius 2 is 2.07 bits per heavy atom. The fraction of sp³-hybridized carbons (Fsp3) is 0.900. The van der Waals surface area contributed by atoms with Gasteiger partial charge in [0, 0.05) is 18.8 Å². The first-order chi connectivity index (χ1) is 6.66. The van der Waals surface area contributed by atoms with Gasteiger partial charge in [-0.25, -0.2) is 0 Å². The Morgan fingerprint density at radius 3 is 2.64 bits per heavy atom. The van der Waals surface area contributed by atoms with Crippen LogP contribution in [0.1, 0.15) is 38.5 Å². The summed E-state index contributed by atoms with van der Waals surface area (Å²) in [5.74, 6) is 0.503. The maximum Gasteiger partial charge on any atom is 0.220 e. The number of aliphatic hydroxyl groups is 1. The van der Waals surface area contributed by atoms with E-state index in [1.165, 1.54) is 0 Å². The highest BCUT2D eigenvalue weighted by Gasteiger charge is 2.31. The second-order valence-corrected chi connectivity index (χ2v) is 4.38. The minimum Gasteiger partial charge on any atom is -0.388 e. The molecule has 1 rings (SSSR count). The van der Waals surface area contributed by atoms with Crippen molar-refractivity contribution in [2.24, 2.45) is 0 Å². The third kappa shape index (κ3) is 3.84. The number of alkyl halides is 1. The molecule has 1 saturated carbocycles. The highest BCUT2D eigenvalue weighted by molar-refractivity contribution is 6.17. The van der Waals surface area contributed by atoms with E-state index < -0.39 is 5.60 Å². The van der Waals surface area contributed by atoms with Gasteiger partial charge in [-0.1, -0.05) is 12.8 Å². The molecule has 4 heteroatoms. The number of carbonyl (C=O) groups is 1. The fourth-order valence-electron chi connectivity index (χ4n) is 1.79. The summed E-state index contributed by atoms with van der Waals surface area (Å²) >= 11 is 5.47. The summed E-state index contributed by atoms with van der Waals surface area (Å²) in [5, 5.41) is 12.7. The van der Waals surface area contributed by atoms with Gasteiger partial charge in [-0.2, -0.15) is 0 Å². The fourth-order valence-corrected chi connectivity index (χ4v) is 1.92. The van der Waals surface area contributed by atoms with Crippen molar-refractivity contribution in [1.82, 2.24) is 5.32 Å². The van der Waals surface area contributed by atoms with E-state index >= 15 is 0 Å². The van der Waals surface area contributed by atoms with Crippen molar-refractivity contribution < 1.29 is 9.90 Å². The molecule has 0 heterocycles. The first kappa shape index (κ1) is 11.8. The zero-order valence-electron chi connectivity index (χ0n) is 8.39. The highest BCUT2D eigenvalue weighted by atomic mass is 35.5. The Morgan fingerprint density at radius 1 is 1.43 bits per heavy atom. The first-order valence-corrected chi connectivity index (χ1v) is 5.75. The van der Waals surface area contributed by atoms with Gasteiger partial charge in [0.25, 0.3) is 0 Å². The summed E-state index contributed by atoms with van der Waals surface area (Å²) in [4.78, 5) is 11.2. The van der Waals surface area contributed by atoms with Crippen LogP contribution in [0.15, 0.2) is 0 Å². The van der Waals surface area contributed by atoms with Gasteiger partial charge in [-0.15, -0.1) is 11.6 Å². The molecule has 3 nitrogen and oxygen atoms in total. The Hall–Kier alpha value is -0.280. The molecule has 0 unspecified atom stereocenters. The second kappa shape index (κ2) is 5.56. The molecule has 0 radical (unpaired) electrons. The average molecular weight is 220 g/mol. The number of hydrogen-bond acceptors (Lipinski definition) is 2. The van der Waals surface area contributed by atoms with Crippen molar-refractivity contribution in [3.63, 3.8) is 0 Å². The molecule has 82 valence electrons. The van der Waals surface area contributed by atoms with Gasteiger partial charge in [0.15, 0.2) is 0 Å². The summed E-state index contributed by atoms with van der Waals surface area (Å²) in [7, 11) is 0. The molecule has 1 amide bonds. The van der Waals surface area contributed by atoms with E-state index in [4.69, 9.17) is 11.6 Å². The lowest BCUT2D eigenvalue weighted by Crippen LogP contribution is -2.40. The summed E-state index contributed by atoms with van der Waals surface area (Å²) in [6.07, 6.45) is 4.90. The molecule has 0 bridgehead atoms. The number of rotatable bonds is 5. The van der Waals surface area contributed by atoms with Crippen LogP contribution in [0.2, 0.25) is 0 Å². The third-order valence-electron chi connectivity index (χ3n) is 2.69. The van der Waals surface area contributed by atoms with E-state index in [0.717, 1.165) is 25.7 Å². The summed E-state index contributed by atoms with van der Waals surface area (Å²) in [5.41, 5.74) is -0.642. The smallest absolute Gasteiger partial charge is 0.220 e. The number of halogens is 1. The van der Waals surface area contributed by atoms with Gasteiger partial charge >= 0.3 is 0 Å². The Bertz CT molecular complexity index is 191. The van der Waals surface area contributed by atoms with Crippen LogP contribution >= 0.6 is 11.6 Å². The summed E-state index contributed by atoms with van der Waals surface area (Å²) < 4.78 is 0. The molecule has 14 heavy (non-hydrogen) atoms. The van der Waals surface area contributed by atoms with E-state index in [1.807, 2.05) is 0 Å². The normalized spacial score (nSPS) is 19.6. The second-order valence-electron chi connectivity index (χ2n) is 4.00. The zero-order valence-corrected chi connectivity index (χ0v) is 9.15. The van der Waals surface area contributed by atoms with Crippen LogP contribution in [0.3, 0.4) is 0 Å². The molecule has 0 aromatic carbocycles. The summed E-state index contributed by atoms with van der Waals surface area (Å²) in [6, 6.07) is 0. The molecule has 2 N–H and O–H groups in total. The molecule has 0 spiro atoms. The number of nitrogens with one attached hydrogen (secondary N) is 1. The molecule has 1 aliphatic carbocycles. The SMILES string of the molecule is O=C(CCCCl)NCC1(O)CCCC1. The Labute approximate surface area is 89.8 Å². The van der Waals surface area contributed by atoms with Crippen molar-refractivity contribution in [3.05, 3.63) is 0 Å². The number of amides is 1. The average Bonchev–Trinajstić information content (AvgIpc) is 2.60. The molecule has 1 aliphatic rings. The predicted molar refractivity (Wildman–Crippen MR) is 56.4 cm³/mol. The molecule has 0 aliphatic heterocycles. The van der Waals surface area contributed by atoms with Crippen molar-refractivity contribution in [2.45, 2.75) is 44.1 Å². The molecular formula is C10H18ClNO2. The minimum absolute atomic E-state index is 0.00836. The maximum absolute atomic E-state index is 11.2. The Balaban J connectivity index is 2.15. The van der Waals surface area contributed by atoms with Crippen LogP contribution in [-0.4, -0.2) is 29.0 Å². The molecule has 0 aromatic rings. The lowest BCUT2D eigenvalue weighted by molar-refractivity contribution is -0.122. The number of hydrogen-bond donors (Lipinski definition) is 2. The predicted octanol–water partition coefficient (Wildman–Crippen LogP) is 1.43. The highest BCUT2D eigenvalue weighted by Crippen LogP contribution is 2.28. The number of carbonyl (C=O) groups excluding carboxylic acids is 1. The molecule has 0 aromatic heterocycles. The lowest BCUT2D eigenvalue weighted by atomic mass is 10.0. The standard InChI is InChI=1S/C10H18ClNO2/c11-7-3-4-9(13)12-8-10(14)5-1-2-6-10/h14H,1-8H2,(H,12,13). The molecule has 0 saturated heterocycles. The quantitative estimate of drug-likeness (QED) is 0.688. The Kier molecular flexibility index (Phi) is 4.69. The van der Waals surface area contributed by atoms with E-state index in [0.29, 0.717) is 25.3 Å². The van der Waals surface area contributed by atoms with E-state index in [2.05, 4.69) is 5.32 Å². The maximum atomic E-state index is 11.2. The van der Waals surface area contributed by atoms with Gasteiger partial charge in [-0.3, -0.25) is 4.79 Å². The van der Waals surface area contributed by atoms with Gasteiger partial charge in [0.1, 0.15) is 0 Å². The van der Waals surface area contributed by atoms with Crippen LogP contribution in [0.25, 0.3) is 0 Å². The summed E-state index contributed by atoms with van der Waals surface area (Å²) in [6.45, 7) is 0.397. The van der Waals surface area contributed by atoms with Crippen LogP contribution in [0.4, 0.5) is 0 Å². The van der Waals surface area contributed by atoms with E-state index in [9.17, 15) is 9.90 Å². The van der Waals surface area contributed by atoms with Gasteiger partial charge < -0.3 is 10.4 Å². The molecule has 0 atom stereocenters. The van der Waals surface area contributed by atoms with Crippen molar-refractivity contribution in [1.29, 1.82) is 0 Å². The third-order valence-corrected chi connectivity index (χ3v) is 2.95. The zero-order chi connectivity index (χ0) is 10.4. The van der Waals surface area contributed by atoms with Crippen molar-refractivity contribution >= 4 is 17.5 Å².